The Bertz CT molecular complexity index is 558. The molecule has 0 spiro atoms. The lowest BCUT2D eigenvalue weighted by molar-refractivity contribution is -0.149. The van der Waals surface area contributed by atoms with Crippen molar-refractivity contribution in [1.82, 2.24) is 4.90 Å². The van der Waals surface area contributed by atoms with Crippen LogP contribution in [-0.2, 0) is 4.79 Å². The first-order valence-corrected chi connectivity index (χ1v) is 7.26. The van der Waals surface area contributed by atoms with Crippen molar-refractivity contribution in [3.8, 4) is 5.75 Å². The van der Waals surface area contributed by atoms with Crippen molar-refractivity contribution in [2.45, 2.75) is 25.9 Å². The highest BCUT2D eigenvalue weighted by molar-refractivity contribution is 5.95. The molecule has 1 amide bonds. The molecule has 1 aliphatic rings. The van der Waals surface area contributed by atoms with Gasteiger partial charge in [0.05, 0.1) is 13.2 Å². The standard InChI is InChI=1S/C16H20FNO4/c1-11(2)9-22-13-5-3-12(4-6-13)14(19)18-8-7-16(17,10-18)15(20)21/h3-6,11H,7-10H2,1-2H3,(H,20,21). The largest absolute Gasteiger partial charge is 0.493 e. The fourth-order valence-electron chi connectivity index (χ4n) is 2.26. The summed E-state index contributed by atoms with van der Waals surface area (Å²) in [4.78, 5) is 24.4. The molecule has 1 aromatic rings. The third-order valence-corrected chi connectivity index (χ3v) is 3.57. The van der Waals surface area contributed by atoms with Gasteiger partial charge in [-0.05, 0) is 30.2 Å². The van der Waals surface area contributed by atoms with Gasteiger partial charge in [0.25, 0.3) is 5.91 Å². The molecule has 2 rings (SSSR count). The van der Waals surface area contributed by atoms with Crippen molar-refractivity contribution in [3.63, 3.8) is 0 Å². The molecular formula is C16H20FNO4. The Balaban J connectivity index is 2.00. The highest BCUT2D eigenvalue weighted by atomic mass is 19.1. The molecule has 1 atom stereocenters. The van der Waals surface area contributed by atoms with Gasteiger partial charge in [-0.3, -0.25) is 4.79 Å². The number of amides is 1. The van der Waals surface area contributed by atoms with Crippen LogP contribution in [0.15, 0.2) is 24.3 Å². The molecule has 1 heterocycles. The molecule has 1 aliphatic heterocycles. The number of hydrogen-bond acceptors (Lipinski definition) is 3. The molecule has 120 valence electrons. The Kier molecular flexibility index (Phi) is 4.68. The molecule has 0 saturated carbocycles. The van der Waals surface area contributed by atoms with Gasteiger partial charge in [0, 0.05) is 18.5 Å². The van der Waals surface area contributed by atoms with E-state index in [1.807, 2.05) is 13.8 Å². The van der Waals surface area contributed by atoms with E-state index < -0.39 is 18.2 Å². The van der Waals surface area contributed by atoms with Gasteiger partial charge in [0.1, 0.15) is 5.75 Å². The Morgan fingerprint density at radius 1 is 1.36 bits per heavy atom. The maximum atomic E-state index is 14.0. The van der Waals surface area contributed by atoms with E-state index in [2.05, 4.69) is 0 Å². The number of carbonyl (C=O) groups excluding carboxylic acids is 1. The predicted molar refractivity (Wildman–Crippen MR) is 78.8 cm³/mol. The molecule has 1 N–H and O–H groups in total. The Labute approximate surface area is 128 Å². The lowest BCUT2D eigenvalue weighted by Gasteiger charge is -2.18. The van der Waals surface area contributed by atoms with Gasteiger partial charge in [0.15, 0.2) is 0 Å². The average molecular weight is 309 g/mol. The molecule has 6 heteroatoms. The van der Waals surface area contributed by atoms with E-state index in [0.29, 0.717) is 23.8 Å². The van der Waals surface area contributed by atoms with Crippen molar-refractivity contribution < 1.29 is 23.8 Å². The van der Waals surface area contributed by atoms with Gasteiger partial charge in [-0.1, -0.05) is 13.8 Å². The Morgan fingerprint density at radius 2 is 2.00 bits per heavy atom. The number of aliphatic carboxylic acids is 1. The topological polar surface area (TPSA) is 66.8 Å². The summed E-state index contributed by atoms with van der Waals surface area (Å²) in [5, 5.41) is 8.85. The number of carboxylic acids is 1. The van der Waals surface area contributed by atoms with E-state index in [4.69, 9.17) is 9.84 Å². The fraction of sp³-hybridized carbons (Fsp3) is 0.500. The number of hydrogen-bond donors (Lipinski definition) is 1. The summed E-state index contributed by atoms with van der Waals surface area (Å²) in [6, 6.07) is 6.59. The molecule has 5 nitrogen and oxygen atoms in total. The van der Waals surface area contributed by atoms with Crippen LogP contribution in [-0.4, -0.2) is 47.2 Å². The van der Waals surface area contributed by atoms with Crippen LogP contribution in [0.2, 0.25) is 0 Å². The summed E-state index contributed by atoms with van der Waals surface area (Å²) in [6.45, 7) is 4.36. The van der Waals surface area contributed by atoms with Crippen LogP contribution >= 0.6 is 0 Å². The highest BCUT2D eigenvalue weighted by Crippen LogP contribution is 2.27. The van der Waals surface area contributed by atoms with Crippen molar-refractivity contribution in [2.24, 2.45) is 5.92 Å². The fourth-order valence-corrected chi connectivity index (χ4v) is 2.26. The second-order valence-corrected chi connectivity index (χ2v) is 5.98. The molecule has 1 aromatic carbocycles. The first-order valence-electron chi connectivity index (χ1n) is 7.26. The second kappa shape index (κ2) is 6.34. The van der Waals surface area contributed by atoms with Gasteiger partial charge in [-0.25, -0.2) is 9.18 Å². The van der Waals surface area contributed by atoms with E-state index in [0.717, 1.165) is 0 Å². The van der Waals surface area contributed by atoms with Gasteiger partial charge in [-0.15, -0.1) is 0 Å². The smallest absolute Gasteiger partial charge is 0.343 e. The van der Waals surface area contributed by atoms with Crippen LogP contribution in [0, 0.1) is 5.92 Å². The summed E-state index contributed by atoms with van der Waals surface area (Å²) in [6.07, 6.45) is -0.177. The minimum Gasteiger partial charge on any atom is -0.493 e. The normalized spacial score (nSPS) is 21.2. The lowest BCUT2D eigenvalue weighted by atomic mass is 10.1. The quantitative estimate of drug-likeness (QED) is 0.906. The molecular weight excluding hydrogens is 289 g/mol. The summed E-state index contributed by atoms with van der Waals surface area (Å²) in [7, 11) is 0. The van der Waals surface area contributed by atoms with Crippen LogP contribution in [0.3, 0.4) is 0 Å². The molecule has 22 heavy (non-hydrogen) atoms. The van der Waals surface area contributed by atoms with Crippen LogP contribution < -0.4 is 4.74 Å². The molecule has 0 bridgehead atoms. The number of alkyl halides is 1. The second-order valence-electron chi connectivity index (χ2n) is 5.98. The number of nitrogens with zero attached hydrogens (tertiary/aromatic N) is 1. The lowest BCUT2D eigenvalue weighted by Crippen LogP contribution is -2.38. The van der Waals surface area contributed by atoms with Crippen LogP contribution in [0.4, 0.5) is 4.39 Å². The van der Waals surface area contributed by atoms with Crippen molar-refractivity contribution in [1.29, 1.82) is 0 Å². The van der Waals surface area contributed by atoms with E-state index in [-0.39, 0.29) is 18.9 Å². The van der Waals surface area contributed by atoms with Gasteiger partial charge in [0.2, 0.25) is 5.67 Å². The zero-order valence-electron chi connectivity index (χ0n) is 12.7. The zero-order chi connectivity index (χ0) is 16.3. The Hall–Kier alpha value is -2.11. The van der Waals surface area contributed by atoms with Gasteiger partial charge < -0.3 is 14.7 Å². The number of carboxylic acid groups (broad SMARTS) is 1. The number of likely N-dealkylation sites (tertiary alicyclic amines) is 1. The molecule has 0 aliphatic carbocycles. The summed E-state index contributed by atoms with van der Waals surface area (Å²) >= 11 is 0. The first-order chi connectivity index (χ1) is 10.3. The monoisotopic (exact) mass is 309 g/mol. The first kappa shape index (κ1) is 16.3. The highest BCUT2D eigenvalue weighted by Gasteiger charge is 2.46. The maximum Gasteiger partial charge on any atom is 0.343 e. The molecule has 0 radical (unpaired) electrons. The van der Waals surface area contributed by atoms with Crippen molar-refractivity contribution >= 4 is 11.9 Å². The third kappa shape index (κ3) is 3.55. The summed E-state index contributed by atoms with van der Waals surface area (Å²) in [5.74, 6) is -0.812. The number of ether oxygens (including phenoxy) is 1. The summed E-state index contributed by atoms with van der Waals surface area (Å²) in [5.41, 5.74) is -1.94. The maximum absolute atomic E-state index is 14.0. The minimum atomic E-state index is -2.34. The molecule has 1 unspecified atom stereocenters. The summed E-state index contributed by atoms with van der Waals surface area (Å²) < 4.78 is 19.5. The number of carbonyl (C=O) groups is 2. The van der Waals surface area contributed by atoms with Crippen LogP contribution in [0.1, 0.15) is 30.6 Å². The van der Waals surface area contributed by atoms with Crippen LogP contribution in [0.25, 0.3) is 0 Å². The minimum absolute atomic E-state index is 0.104. The van der Waals surface area contributed by atoms with E-state index in [1.165, 1.54) is 4.90 Å². The average Bonchev–Trinajstić information content (AvgIpc) is 2.89. The van der Waals surface area contributed by atoms with E-state index in [9.17, 15) is 14.0 Å². The van der Waals surface area contributed by atoms with Crippen LogP contribution in [0.5, 0.6) is 5.75 Å². The van der Waals surface area contributed by atoms with E-state index in [1.54, 1.807) is 24.3 Å². The van der Waals surface area contributed by atoms with Gasteiger partial charge >= 0.3 is 5.97 Å². The number of benzene rings is 1. The van der Waals surface area contributed by atoms with Crippen molar-refractivity contribution in [2.75, 3.05) is 19.7 Å². The zero-order valence-corrected chi connectivity index (χ0v) is 12.7. The predicted octanol–water partition coefficient (Wildman–Crippen LogP) is 2.36. The van der Waals surface area contributed by atoms with Gasteiger partial charge in [-0.2, -0.15) is 0 Å². The molecule has 0 aromatic heterocycles. The number of halogens is 1. The SMILES string of the molecule is CC(C)COc1ccc(C(=O)N2CCC(F)(C(=O)O)C2)cc1. The third-order valence-electron chi connectivity index (χ3n) is 3.57. The Morgan fingerprint density at radius 3 is 2.50 bits per heavy atom. The van der Waals surface area contributed by atoms with E-state index >= 15 is 0 Å². The number of rotatable bonds is 5. The molecule has 1 fully saturated rings. The van der Waals surface area contributed by atoms with Crippen molar-refractivity contribution in [3.05, 3.63) is 29.8 Å². The molecule has 1 saturated heterocycles.